The Morgan fingerprint density at radius 1 is 1.39 bits per heavy atom. The molecule has 6 heteroatoms. The van der Waals surface area contributed by atoms with Gasteiger partial charge in [0.2, 0.25) is 0 Å². The minimum atomic E-state index is -0.855. The number of hydrogen-bond acceptors (Lipinski definition) is 3. The number of benzene rings is 1. The molecule has 1 heterocycles. The largest absolute Gasteiger partial charge is 0.481 e. The van der Waals surface area contributed by atoms with E-state index in [1.807, 2.05) is 30.3 Å². The van der Waals surface area contributed by atoms with E-state index in [4.69, 9.17) is 4.74 Å². The Morgan fingerprint density at radius 3 is 2.65 bits per heavy atom. The summed E-state index contributed by atoms with van der Waals surface area (Å²) >= 11 is 0. The first-order valence-electron chi connectivity index (χ1n) is 7.77. The van der Waals surface area contributed by atoms with Gasteiger partial charge < -0.3 is 20.1 Å². The number of carbonyl (C=O) groups excluding carboxylic acids is 1. The van der Waals surface area contributed by atoms with Crippen LogP contribution in [0.3, 0.4) is 0 Å². The SMILES string of the molecule is COC(CNC(=O)N1CCC(C)(C(=O)O)C1)Cc1ccccc1. The lowest BCUT2D eigenvalue weighted by Crippen LogP contribution is -2.44. The molecule has 0 aromatic heterocycles. The predicted octanol–water partition coefficient (Wildman–Crippen LogP) is 1.75. The van der Waals surface area contributed by atoms with Crippen LogP contribution in [0.1, 0.15) is 18.9 Å². The fraction of sp³-hybridized carbons (Fsp3) is 0.529. The molecule has 2 amide bonds. The molecule has 2 rings (SSSR count). The molecule has 1 saturated heterocycles. The number of amides is 2. The molecule has 1 aromatic rings. The number of urea groups is 1. The molecule has 1 aromatic carbocycles. The fourth-order valence-electron chi connectivity index (χ4n) is 2.74. The van der Waals surface area contributed by atoms with Gasteiger partial charge in [-0.05, 0) is 18.9 Å². The van der Waals surface area contributed by atoms with Crippen LogP contribution in [0.4, 0.5) is 4.79 Å². The highest BCUT2D eigenvalue weighted by molar-refractivity contribution is 5.79. The van der Waals surface area contributed by atoms with Crippen LogP contribution in [0.25, 0.3) is 0 Å². The van der Waals surface area contributed by atoms with Gasteiger partial charge >= 0.3 is 12.0 Å². The molecule has 126 valence electrons. The van der Waals surface area contributed by atoms with E-state index in [1.54, 1.807) is 18.9 Å². The number of carboxylic acids is 1. The van der Waals surface area contributed by atoms with E-state index in [0.717, 1.165) is 5.56 Å². The maximum Gasteiger partial charge on any atom is 0.317 e. The van der Waals surface area contributed by atoms with Gasteiger partial charge in [0.15, 0.2) is 0 Å². The summed E-state index contributed by atoms with van der Waals surface area (Å²) in [5, 5.41) is 12.1. The summed E-state index contributed by atoms with van der Waals surface area (Å²) in [7, 11) is 1.62. The summed E-state index contributed by atoms with van der Waals surface area (Å²) in [6.07, 6.45) is 1.08. The van der Waals surface area contributed by atoms with E-state index >= 15 is 0 Å². The second-order valence-corrected chi connectivity index (χ2v) is 6.27. The van der Waals surface area contributed by atoms with Crippen molar-refractivity contribution in [1.29, 1.82) is 0 Å². The van der Waals surface area contributed by atoms with Gasteiger partial charge in [0, 0.05) is 33.2 Å². The number of nitrogens with one attached hydrogen (secondary N) is 1. The van der Waals surface area contributed by atoms with E-state index in [2.05, 4.69) is 5.32 Å². The molecule has 0 radical (unpaired) electrons. The zero-order chi connectivity index (χ0) is 16.9. The number of methoxy groups -OCH3 is 1. The lowest BCUT2D eigenvalue weighted by atomic mass is 9.90. The predicted molar refractivity (Wildman–Crippen MR) is 86.3 cm³/mol. The molecular formula is C17H24N2O4. The van der Waals surface area contributed by atoms with E-state index in [1.165, 1.54) is 0 Å². The number of rotatable bonds is 6. The van der Waals surface area contributed by atoms with Crippen LogP contribution in [0.5, 0.6) is 0 Å². The Morgan fingerprint density at radius 2 is 2.09 bits per heavy atom. The molecule has 0 saturated carbocycles. The van der Waals surface area contributed by atoms with E-state index in [-0.39, 0.29) is 18.7 Å². The average molecular weight is 320 g/mol. The molecule has 1 fully saturated rings. The van der Waals surface area contributed by atoms with Gasteiger partial charge in [0.1, 0.15) is 0 Å². The number of nitrogens with zero attached hydrogens (tertiary/aromatic N) is 1. The zero-order valence-electron chi connectivity index (χ0n) is 13.6. The van der Waals surface area contributed by atoms with Crippen LogP contribution >= 0.6 is 0 Å². The fourth-order valence-corrected chi connectivity index (χ4v) is 2.74. The first kappa shape index (κ1) is 17.3. The molecule has 2 atom stereocenters. The van der Waals surface area contributed by atoms with Gasteiger partial charge in [-0.3, -0.25) is 4.79 Å². The Bertz CT molecular complexity index is 549. The monoisotopic (exact) mass is 320 g/mol. The summed E-state index contributed by atoms with van der Waals surface area (Å²) in [5.74, 6) is -0.855. The van der Waals surface area contributed by atoms with Gasteiger partial charge in [-0.1, -0.05) is 30.3 Å². The van der Waals surface area contributed by atoms with Crippen LogP contribution in [0, 0.1) is 5.41 Å². The van der Waals surface area contributed by atoms with Crippen molar-refractivity contribution in [3.05, 3.63) is 35.9 Å². The third-order valence-electron chi connectivity index (χ3n) is 4.40. The summed E-state index contributed by atoms with van der Waals surface area (Å²) < 4.78 is 5.42. The summed E-state index contributed by atoms with van der Waals surface area (Å²) in [6.45, 7) is 2.77. The van der Waals surface area contributed by atoms with E-state index in [0.29, 0.717) is 25.9 Å². The lowest BCUT2D eigenvalue weighted by Gasteiger charge is -2.22. The first-order chi connectivity index (χ1) is 10.9. The van der Waals surface area contributed by atoms with Crippen LogP contribution in [0.2, 0.25) is 0 Å². The number of carboxylic acid groups (broad SMARTS) is 1. The normalized spacial score (nSPS) is 21.9. The van der Waals surface area contributed by atoms with Crippen molar-refractivity contribution in [2.75, 3.05) is 26.7 Å². The van der Waals surface area contributed by atoms with Crippen LogP contribution in [-0.4, -0.2) is 54.9 Å². The van der Waals surface area contributed by atoms with Crippen LogP contribution in [-0.2, 0) is 16.0 Å². The molecule has 0 bridgehead atoms. The van der Waals surface area contributed by atoms with Crippen molar-refractivity contribution in [2.24, 2.45) is 5.41 Å². The Labute approximate surface area is 136 Å². The molecule has 2 N–H and O–H groups in total. The van der Waals surface area contributed by atoms with Crippen molar-refractivity contribution in [3.8, 4) is 0 Å². The highest BCUT2D eigenvalue weighted by atomic mass is 16.5. The third kappa shape index (κ3) is 4.45. The lowest BCUT2D eigenvalue weighted by molar-refractivity contribution is -0.147. The van der Waals surface area contributed by atoms with Gasteiger partial charge in [0.25, 0.3) is 0 Å². The first-order valence-corrected chi connectivity index (χ1v) is 7.77. The summed E-state index contributed by atoms with van der Waals surface area (Å²) in [4.78, 5) is 25.0. The maximum atomic E-state index is 12.2. The number of likely N-dealkylation sites (tertiary alicyclic amines) is 1. The zero-order valence-corrected chi connectivity index (χ0v) is 13.6. The van der Waals surface area contributed by atoms with E-state index < -0.39 is 11.4 Å². The average Bonchev–Trinajstić information content (AvgIpc) is 2.96. The summed E-state index contributed by atoms with van der Waals surface area (Å²) in [5.41, 5.74) is 0.301. The highest BCUT2D eigenvalue weighted by Gasteiger charge is 2.42. The van der Waals surface area contributed by atoms with Crippen molar-refractivity contribution in [1.82, 2.24) is 10.2 Å². The van der Waals surface area contributed by atoms with Crippen molar-refractivity contribution < 1.29 is 19.4 Å². The standard InChI is InChI=1S/C17H24N2O4/c1-17(15(20)21)8-9-19(12-17)16(22)18-11-14(23-2)10-13-6-4-3-5-7-13/h3-7,14H,8-12H2,1-2H3,(H,18,22)(H,20,21). The Kier molecular flexibility index (Phi) is 5.60. The van der Waals surface area contributed by atoms with Gasteiger partial charge in [0.05, 0.1) is 11.5 Å². The Hall–Kier alpha value is -2.08. The molecule has 0 aliphatic carbocycles. The summed E-state index contributed by atoms with van der Waals surface area (Å²) in [6, 6.07) is 9.71. The Balaban J connectivity index is 1.82. The highest BCUT2D eigenvalue weighted by Crippen LogP contribution is 2.29. The number of carbonyl (C=O) groups is 2. The second kappa shape index (κ2) is 7.46. The quantitative estimate of drug-likeness (QED) is 0.837. The molecule has 23 heavy (non-hydrogen) atoms. The number of hydrogen-bond donors (Lipinski definition) is 2. The molecule has 1 aliphatic rings. The maximum absolute atomic E-state index is 12.2. The smallest absolute Gasteiger partial charge is 0.317 e. The van der Waals surface area contributed by atoms with Crippen molar-refractivity contribution in [2.45, 2.75) is 25.9 Å². The molecular weight excluding hydrogens is 296 g/mol. The second-order valence-electron chi connectivity index (χ2n) is 6.27. The van der Waals surface area contributed by atoms with Crippen LogP contribution in [0.15, 0.2) is 30.3 Å². The van der Waals surface area contributed by atoms with Crippen LogP contribution < -0.4 is 5.32 Å². The van der Waals surface area contributed by atoms with Gasteiger partial charge in [-0.2, -0.15) is 0 Å². The molecule has 1 aliphatic heterocycles. The molecule has 2 unspecified atom stereocenters. The van der Waals surface area contributed by atoms with E-state index in [9.17, 15) is 14.7 Å². The molecule has 6 nitrogen and oxygen atoms in total. The third-order valence-corrected chi connectivity index (χ3v) is 4.40. The van der Waals surface area contributed by atoms with Crippen molar-refractivity contribution >= 4 is 12.0 Å². The molecule has 0 spiro atoms. The topological polar surface area (TPSA) is 78.9 Å². The van der Waals surface area contributed by atoms with Gasteiger partial charge in [-0.25, -0.2) is 4.79 Å². The van der Waals surface area contributed by atoms with Crippen molar-refractivity contribution in [3.63, 3.8) is 0 Å². The minimum absolute atomic E-state index is 0.116. The number of ether oxygens (including phenoxy) is 1. The number of aliphatic carboxylic acids is 1. The van der Waals surface area contributed by atoms with Gasteiger partial charge in [-0.15, -0.1) is 0 Å². The minimum Gasteiger partial charge on any atom is -0.481 e.